The average Bonchev–Trinajstić information content (AvgIpc) is 2.79. The molecule has 110 valence electrons. The smallest absolute Gasteiger partial charge is 0.270 e. The molecule has 3 rings (SSSR count). The lowest BCUT2D eigenvalue weighted by Crippen LogP contribution is -1.86. The summed E-state index contributed by atoms with van der Waals surface area (Å²) < 4.78 is 0. The normalized spacial score (nSPS) is 11.3. The highest BCUT2D eigenvalue weighted by molar-refractivity contribution is 6.30. The highest BCUT2D eigenvalue weighted by Gasteiger charge is 2.14. The van der Waals surface area contributed by atoms with Crippen LogP contribution in [0.2, 0.25) is 5.02 Å². The molecule has 1 aromatic heterocycles. The van der Waals surface area contributed by atoms with Gasteiger partial charge in [0.05, 0.1) is 16.1 Å². The van der Waals surface area contributed by atoms with Gasteiger partial charge in [0.15, 0.2) is 5.69 Å². The van der Waals surface area contributed by atoms with Crippen molar-refractivity contribution in [2.75, 3.05) is 0 Å². The predicted octanol–water partition coefficient (Wildman–Crippen LogP) is 4.85. The fourth-order valence-electron chi connectivity index (χ4n) is 2.01. The van der Waals surface area contributed by atoms with Gasteiger partial charge >= 0.3 is 0 Å². The second-order valence-electron chi connectivity index (χ2n) is 4.49. The van der Waals surface area contributed by atoms with Crippen LogP contribution in [0.25, 0.3) is 10.9 Å². The van der Waals surface area contributed by atoms with Crippen LogP contribution in [0.1, 0.15) is 0 Å². The van der Waals surface area contributed by atoms with Gasteiger partial charge in [-0.15, -0.1) is 5.11 Å². The van der Waals surface area contributed by atoms with Crippen LogP contribution in [0, 0.1) is 10.1 Å². The van der Waals surface area contributed by atoms with E-state index in [0.717, 1.165) is 0 Å². The first-order chi connectivity index (χ1) is 10.5. The summed E-state index contributed by atoms with van der Waals surface area (Å²) in [5.41, 5.74) is 1.08. The summed E-state index contributed by atoms with van der Waals surface area (Å²) in [5, 5.41) is 29.6. The monoisotopic (exact) mass is 316 g/mol. The van der Waals surface area contributed by atoms with Crippen molar-refractivity contribution in [3.8, 4) is 5.88 Å². The van der Waals surface area contributed by atoms with E-state index >= 15 is 0 Å². The molecule has 0 saturated heterocycles. The fourth-order valence-corrected chi connectivity index (χ4v) is 2.20. The van der Waals surface area contributed by atoms with Gasteiger partial charge in [-0.05, 0) is 24.3 Å². The van der Waals surface area contributed by atoms with Crippen molar-refractivity contribution in [3.63, 3.8) is 0 Å². The molecule has 2 N–H and O–H groups in total. The summed E-state index contributed by atoms with van der Waals surface area (Å²) >= 11 is 5.86. The number of rotatable bonds is 3. The molecular weight excluding hydrogens is 308 g/mol. The zero-order chi connectivity index (χ0) is 15.7. The molecule has 0 radical (unpaired) electrons. The number of non-ortho nitro benzene ring substituents is 1. The fraction of sp³-hybridized carbons (Fsp3) is 0. The molecular formula is C14H9ClN4O3. The number of nitro groups is 1. The summed E-state index contributed by atoms with van der Waals surface area (Å²) in [6.07, 6.45) is 0. The van der Waals surface area contributed by atoms with Crippen molar-refractivity contribution in [2.24, 2.45) is 10.2 Å². The number of hydrogen-bond acceptors (Lipinski definition) is 5. The standard InChI is InChI=1S/C14H9ClN4O3/c15-8-2-1-3-9(6-8)17-18-13-11-7-10(19(21)22)4-5-12(11)16-14(13)20/h1-7,16,20H. The van der Waals surface area contributed by atoms with Crippen LogP contribution >= 0.6 is 11.6 Å². The number of nitro benzene ring substituents is 1. The minimum absolute atomic E-state index is 0.0919. The molecule has 1 heterocycles. The maximum absolute atomic E-state index is 10.8. The van der Waals surface area contributed by atoms with Crippen molar-refractivity contribution in [1.29, 1.82) is 0 Å². The van der Waals surface area contributed by atoms with Gasteiger partial charge in [0.2, 0.25) is 5.88 Å². The van der Waals surface area contributed by atoms with E-state index in [-0.39, 0.29) is 17.3 Å². The molecule has 0 fully saturated rings. The lowest BCUT2D eigenvalue weighted by atomic mass is 10.2. The Morgan fingerprint density at radius 3 is 2.73 bits per heavy atom. The summed E-state index contributed by atoms with van der Waals surface area (Å²) in [7, 11) is 0. The largest absolute Gasteiger partial charge is 0.493 e. The number of nitrogens with one attached hydrogen (secondary N) is 1. The Morgan fingerprint density at radius 1 is 1.18 bits per heavy atom. The molecule has 0 amide bonds. The summed E-state index contributed by atoms with van der Waals surface area (Å²) in [4.78, 5) is 13.0. The third-order valence-corrected chi connectivity index (χ3v) is 3.26. The molecule has 0 aliphatic rings. The topological polar surface area (TPSA) is 104 Å². The lowest BCUT2D eigenvalue weighted by molar-refractivity contribution is -0.384. The Bertz CT molecular complexity index is 904. The third-order valence-electron chi connectivity index (χ3n) is 3.02. The van der Waals surface area contributed by atoms with Gasteiger partial charge in [0.25, 0.3) is 5.69 Å². The van der Waals surface area contributed by atoms with Crippen LogP contribution in [0.15, 0.2) is 52.7 Å². The van der Waals surface area contributed by atoms with E-state index in [1.807, 2.05) is 0 Å². The Labute approximate surface area is 129 Å². The minimum Gasteiger partial charge on any atom is -0.493 e. The van der Waals surface area contributed by atoms with Gasteiger partial charge in [-0.1, -0.05) is 17.7 Å². The van der Waals surface area contributed by atoms with Crippen LogP contribution in [0.3, 0.4) is 0 Å². The second-order valence-corrected chi connectivity index (χ2v) is 4.93. The molecule has 7 nitrogen and oxygen atoms in total. The van der Waals surface area contributed by atoms with Crippen LogP contribution in [-0.2, 0) is 0 Å². The lowest BCUT2D eigenvalue weighted by Gasteiger charge is -1.95. The molecule has 0 aliphatic carbocycles. The second kappa shape index (κ2) is 5.45. The van der Waals surface area contributed by atoms with Crippen molar-refractivity contribution in [1.82, 2.24) is 4.98 Å². The van der Waals surface area contributed by atoms with E-state index in [9.17, 15) is 15.2 Å². The number of nitrogens with zero attached hydrogens (tertiary/aromatic N) is 3. The molecule has 0 saturated carbocycles. The van der Waals surface area contributed by atoms with Gasteiger partial charge in [-0.2, -0.15) is 5.11 Å². The number of hydrogen-bond donors (Lipinski definition) is 2. The zero-order valence-electron chi connectivity index (χ0n) is 11.0. The number of halogens is 1. The first-order valence-electron chi connectivity index (χ1n) is 6.21. The number of aromatic nitrogens is 1. The molecule has 8 heteroatoms. The number of H-pyrrole nitrogens is 1. The molecule has 2 aromatic carbocycles. The van der Waals surface area contributed by atoms with Gasteiger partial charge in [-0.25, -0.2) is 0 Å². The highest BCUT2D eigenvalue weighted by atomic mass is 35.5. The van der Waals surface area contributed by atoms with E-state index in [0.29, 0.717) is 21.6 Å². The van der Waals surface area contributed by atoms with Gasteiger partial charge in [0, 0.05) is 22.5 Å². The number of benzene rings is 2. The van der Waals surface area contributed by atoms with Crippen LogP contribution in [0.4, 0.5) is 17.1 Å². The quantitative estimate of drug-likeness (QED) is 0.410. The zero-order valence-corrected chi connectivity index (χ0v) is 11.8. The number of fused-ring (bicyclic) bond motifs is 1. The van der Waals surface area contributed by atoms with Gasteiger partial charge in [-0.3, -0.25) is 10.1 Å². The van der Waals surface area contributed by atoms with E-state index in [1.54, 1.807) is 24.3 Å². The minimum atomic E-state index is -0.513. The van der Waals surface area contributed by atoms with Gasteiger partial charge in [0.1, 0.15) is 0 Å². The molecule has 3 aromatic rings. The maximum atomic E-state index is 10.8. The van der Waals surface area contributed by atoms with Crippen molar-refractivity contribution in [2.45, 2.75) is 0 Å². The van der Waals surface area contributed by atoms with Crippen molar-refractivity contribution in [3.05, 3.63) is 57.6 Å². The molecule has 0 aliphatic heterocycles. The first kappa shape index (κ1) is 14.0. The Hall–Kier alpha value is -2.93. The van der Waals surface area contributed by atoms with Crippen molar-refractivity contribution >= 4 is 39.6 Å². The van der Waals surface area contributed by atoms with Crippen LogP contribution in [0.5, 0.6) is 5.88 Å². The van der Waals surface area contributed by atoms with E-state index in [1.165, 1.54) is 18.2 Å². The summed E-state index contributed by atoms with van der Waals surface area (Å²) in [6, 6.07) is 10.9. The molecule has 0 atom stereocenters. The SMILES string of the molecule is O=[N+]([O-])c1ccc2[nH]c(O)c(N=Nc3cccc(Cl)c3)c2c1. The molecule has 0 bridgehead atoms. The van der Waals surface area contributed by atoms with Crippen LogP contribution in [-0.4, -0.2) is 15.0 Å². The van der Waals surface area contributed by atoms with E-state index < -0.39 is 4.92 Å². The molecule has 22 heavy (non-hydrogen) atoms. The summed E-state index contributed by atoms with van der Waals surface area (Å²) in [5.74, 6) is -0.207. The average molecular weight is 317 g/mol. The Kier molecular flexibility index (Phi) is 3.48. The molecule has 0 unspecified atom stereocenters. The van der Waals surface area contributed by atoms with Crippen molar-refractivity contribution < 1.29 is 10.0 Å². The number of aromatic hydroxyl groups is 1. The van der Waals surface area contributed by atoms with Crippen LogP contribution < -0.4 is 0 Å². The highest BCUT2D eigenvalue weighted by Crippen LogP contribution is 2.38. The predicted molar refractivity (Wildman–Crippen MR) is 82.2 cm³/mol. The van der Waals surface area contributed by atoms with E-state index in [4.69, 9.17) is 11.6 Å². The number of azo groups is 1. The molecule has 0 spiro atoms. The Balaban J connectivity index is 2.07. The Morgan fingerprint density at radius 2 is 2.00 bits per heavy atom. The first-order valence-corrected chi connectivity index (χ1v) is 6.59. The maximum Gasteiger partial charge on any atom is 0.270 e. The third kappa shape index (κ3) is 2.61. The summed E-state index contributed by atoms with van der Waals surface area (Å²) in [6.45, 7) is 0. The number of aromatic amines is 1. The van der Waals surface area contributed by atoms with E-state index in [2.05, 4.69) is 15.2 Å². The van der Waals surface area contributed by atoms with Gasteiger partial charge < -0.3 is 10.1 Å².